The minimum absolute atomic E-state index is 0.0523. The summed E-state index contributed by atoms with van der Waals surface area (Å²) in [6.45, 7) is 4.83. The van der Waals surface area contributed by atoms with Crippen LogP contribution in [0.15, 0.2) is 40.9 Å². The van der Waals surface area contributed by atoms with Crippen molar-refractivity contribution >= 4 is 16.7 Å². The molecule has 2 saturated heterocycles. The third-order valence-corrected chi connectivity index (χ3v) is 7.00. The minimum Gasteiger partial charge on any atom is -0.487 e. The Morgan fingerprint density at radius 2 is 1.80 bits per heavy atom. The standard InChI is InChI=1S/C27H34FN3O4/c1-30(2)26-24(34-18-20-3-6-21(28)7-4-20)10-8-22-23(29-35-27(22)26)9-5-19-11-13-31(14-12-19)17-25-32-15-16-33-25/h3-4,6-8,10,19,25H,5,9,11-18H2,1-2H3. The second-order valence-electron chi connectivity index (χ2n) is 9.68. The van der Waals surface area contributed by atoms with Crippen molar-refractivity contribution in [1.29, 1.82) is 0 Å². The third kappa shape index (κ3) is 5.77. The van der Waals surface area contributed by atoms with Crippen LogP contribution in [0.3, 0.4) is 0 Å². The van der Waals surface area contributed by atoms with Gasteiger partial charge in [0, 0.05) is 26.0 Å². The van der Waals surface area contributed by atoms with Crippen LogP contribution >= 0.6 is 0 Å². The summed E-state index contributed by atoms with van der Waals surface area (Å²) in [6.07, 6.45) is 4.32. The number of halogens is 1. The minimum atomic E-state index is -0.253. The fourth-order valence-corrected chi connectivity index (χ4v) is 5.01. The smallest absolute Gasteiger partial charge is 0.194 e. The number of benzene rings is 2. The summed E-state index contributed by atoms with van der Waals surface area (Å²) in [5.74, 6) is 1.16. The molecule has 0 radical (unpaired) electrons. The molecule has 188 valence electrons. The zero-order chi connectivity index (χ0) is 24.2. The highest BCUT2D eigenvalue weighted by atomic mass is 19.1. The van der Waals surface area contributed by atoms with Gasteiger partial charge in [-0.1, -0.05) is 17.3 Å². The predicted octanol–water partition coefficient (Wildman–Crippen LogP) is 4.63. The average molecular weight is 484 g/mol. The van der Waals surface area contributed by atoms with Crippen molar-refractivity contribution in [3.05, 3.63) is 53.5 Å². The Bertz CT molecular complexity index is 1100. The molecule has 0 aliphatic carbocycles. The number of nitrogens with zero attached hydrogens (tertiary/aromatic N) is 3. The highest BCUT2D eigenvalue weighted by molar-refractivity contribution is 5.94. The van der Waals surface area contributed by atoms with Crippen LogP contribution in [0, 0.1) is 11.7 Å². The highest BCUT2D eigenvalue weighted by Gasteiger charge is 2.25. The van der Waals surface area contributed by atoms with Crippen LogP contribution in [0.4, 0.5) is 10.1 Å². The number of likely N-dealkylation sites (tertiary alicyclic amines) is 1. The molecule has 3 heterocycles. The summed E-state index contributed by atoms with van der Waals surface area (Å²) in [4.78, 5) is 4.44. The summed E-state index contributed by atoms with van der Waals surface area (Å²) in [7, 11) is 3.94. The van der Waals surface area contributed by atoms with Gasteiger partial charge in [0.2, 0.25) is 0 Å². The fourth-order valence-electron chi connectivity index (χ4n) is 5.01. The van der Waals surface area contributed by atoms with Crippen LogP contribution in [-0.4, -0.2) is 63.3 Å². The molecule has 2 aliphatic rings. The number of anilines is 1. The zero-order valence-electron chi connectivity index (χ0n) is 20.5. The number of rotatable bonds is 9. The Morgan fingerprint density at radius 3 is 2.51 bits per heavy atom. The van der Waals surface area contributed by atoms with Gasteiger partial charge in [-0.2, -0.15) is 0 Å². The molecule has 35 heavy (non-hydrogen) atoms. The van der Waals surface area contributed by atoms with Crippen LogP contribution < -0.4 is 9.64 Å². The van der Waals surface area contributed by atoms with Crippen molar-refractivity contribution in [3.63, 3.8) is 0 Å². The molecule has 0 atom stereocenters. The number of piperidine rings is 1. The highest BCUT2D eigenvalue weighted by Crippen LogP contribution is 2.38. The molecular formula is C27H34FN3O4. The van der Waals surface area contributed by atoms with Crippen molar-refractivity contribution < 1.29 is 23.1 Å². The molecule has 1 aromatic heterocycles. The molecule has 3 aromatic rings. The molecular weight excluding hydrogens is 449 g/mol. The monoisotopic (exact) mass is 483 g/mol. The molecule has 2 aliphatic heterocycles. The van der Waals surface area contributed by atoms with Crippen LogP contribution in [-0.2, 0) is 22.5 Å². The Balaban J connectivity index is 1.20. The maximum atomic E-state index is 13.2. The average Bonchev–Trinajstić information content (AvgIpc) is 3.52. The molecule has 0 saturated carbocycles. The van der Waals surface area contributed by atoms with Crippen molar-refractivity contribution in [2.75, 3.05) is 51.8 Å². The first-order valence-electron chi connectivity index (χ1n) is 12.5. The summed E-state index contributed by atoms with van der Waals surface area (Å²) in [5, 5.41) is 5.47. The molecule has 8 heteroatoms. The van der Waals surface area contributed by atoms with Crippen LogP contribution in [0.2, 0.25) is 0 Å². The lowest BCUT2D eigenvalue weighted by molar-refractivity contribution is -0.0661. The van der Waals surface area contributed by atoms with E-state index in [-0.39, 0.29) is 12.1 Å². The van der Waals surface area contributed by atoms with Gasteiger partial charge in [0.1, 0.15) is 23.9 Å². The van der Waals surface area contributed by atoms with E-state index < -0.39 is 0 Å². The molecule has 5 rings (SSSR count). The number of fused-ring (bicyclic) bond motifs is 1. The molecule has 2 fully saturated rings. The lowest BCUT2D eigenvalue weighted by Crippen LogP contribution is -2.39. The van der Waals surface area contributed by atoms with Crippen LogP contribution in [0.5, 0.6) is 5.75 Å². The number of aryl methyl sites for hydroxylation is 1. The molecule has 0 amide bonds. The van der Waals surface area contributed by atoms with E-state index in [2.05, 4.69) is 10.1 Å². The summed E-state index contributed by atoms with van der Waals surface area (Å²) in [5.41, 5.74) is 3.52. The first kappa shape index (κ1) is 24.0. The van der Waals surface area contributed by atoms with Gasteiger partial charge < -0.3 is 23.6 Å². The molecule has 0 N–H and O–H groups in total. The summed E-state index contributed by atoms with van der Waals surface area (Å²) in [6, 6.07) is 10.4. The van der Waals surface area contributed by atoms with Crippen molar-refractivity contribution in [2.45, 2.75) is 38.6 Å². The van der Waals surface area contributed by atoms with Crippen LogP contribution in [0.1, 0.15) is 30.5 Å². The van der Waals surface area contributed by atoms with E-state index in [1.54, 1.807) is 12.1 Å². The second-order valence-corrected chi connectivity index (χ2v) is 9.68. The molecule has 7 nitrogen and oxygen atoms in total. The molecule has 0 unspecified atom stereocenters. The van der Waals surface area contributed by atoms with Gasteiger partial charge in [0.05, 0.1) is 18.9 Å². The van der Waals surface area contributed by atoms with E-state index >= 15 is 0 Å². The third-order valence-electron chi connectivity index (χ3n) is 7.00. The Morgan fingerprint density at radius 1 is 1.06 bits per heavy atom. The molecule has 0 spiro atoms. The van der Waals surface area contributed by atoms with Crippen molar-refractivity contribution in [2.24, 2.45) is 5.92 Å². The predicted molar refractivity (Wildman–Crippen MR) is 132 cm³/mol. The Labute approximate surface area is 205 Å². The maximum absolute atomic E-state index is 13.2. The lowest BCUT2D eigenvalue weighted by Gasteiger charge is -2.32. The van der Waals surface area contributed by atoms with E-state index in [9.17, 15) is 4.39 Å². The van der Waals surface area contributed by atoms with E-state index in [4.69, 9.17) is 18.7 Å². The lowest BCUT2D eigenvalue weighted by atomic mass is 9.91. The Kier molecular flexibility index (Phi) is 7.51. The summed E-state index contributed by atoms with van der Waals surface area (Å²) < 4.78 is 36.3. The SMILES string of the molecule is CN(C)c1c(OCc2ccc(F)cc2)ccc2c(CCC3CCN(CC4OCCO4)CC3)noc12. The van der Waals surface area contributed by atoms with Gasteiger partial charge in [-0.3, -0.25) is 4.90 Å². The summed E-state index contributed by atoms with van der Waals surface area (Å²) >= 11 is 0. The van der Waals surface area contributed by atoms with Gasteiger partial charge in [0.15, 0.2) is 11.9 Å². The maximum Gasteiger partial charge on any atom is 0.194 e. The number of ether oxygens (including phenoxy) is 3. The Hall–Kier alpha value is -2.68. The molecule has 0 bridgehead atoms. The number of hydrogen-bond acceptors (Lipinski definition) is 7. The van der Waals surface area contributed by atoms with Crippen molar-refractivity contribution in [1.82, 2.24) is 10.1 Å². The molecule has 2 aromatic carbocycles. The van der Waals surface area contributed by atoms with Gasteiger partial charge in [0.25, 0.3) is 0 Å². The second kappa shape index (κ2) is 10.9. The first-order valence-corrected chi connectivity index (χ1v) is 12.5. The van der Waals surface area contributed by atoms with E-state index in [0.717, 1.165) is 66.1 Å². The fraction of sp³-hybridized carbons (Fsp3) is 0.519. The zero-order valence-corrected chi connectivity index (χ0v) is 20.5. The first-order chi connectivity index (χ1) is 17.1. The number of aromatic nitrogens is 1. The van der Waals surface area contributed by atoms with E-state index in [1.807, 2.05) is 31.1 Å². The largest absolute Gasteiger partial charge is 0.487 e. The normalized spacial score (nSPS) is 17.9. The van der Waals surface area contributed by atoms with Crippen LogP contribution in [0.25, 0.3) is 11.0 Å². The van der Waals surface area contributed by atoms with Gasteiger partial charge in [-0.15, -0.1) is 0 Å². The van der Waals surface area contributed by atoms with E-state index in [1.165, 1.54) is 25.0 Å². The topological polar surface area (TPSA) is 60.2 Å². The van der Waals surface area contributed by atoms with Gasteiger partial charge in [-0.05, 0) is 74.5 Å². The van der Waals surface area contributed by atoms with E-state index in [0.29, 0.717) is 25.7 Å². The number of hydrogen-bond donors (Lipinski definition) is 0. The quantitative estimate of drug-likeness (QED) is 0.440. The van der Waals surface area contributed by atoms with Crippen molar-refractivity contribution in [3.8, 4) is 5.75 Å². The van der Waals surface area contributed by atoms with Gasteiger partial charge >= 0.3 is 0 Å². The van der Waals surface area contributed by atoms with Gasteiger partial charge in [-0.25, -0.2) is 4.39 Å².